The molecule has 0 saturated carbocycles. The van der Waals surface area contributed by atoms with Gasteiger partial charge in [0.25, 0.3) is 5.91 Å². The van der Waals surface area contributed by atoms with Gasteiger partial charge in [0.15, 0.2) is 11.5 Å². The third-order valence-electron chi connectivity index (χ3n) is 3.77. The average molecular weight is 313 g/mol. The van der Waals surface area contributed by atoms with Crippen molar-refractivity contribution >= 4 is 5.91 Å². The molecule has 0 aliphatic carbocycles. The highest BCUT2D eigenvalue weighted by atomic mass is 19.3. The summed E-state index contributed by atoms with van der Waals surface area (Å²) in [5, 5.41) is 0. The number of alkyl halides is 2. The standard InChI is InChI=1S/C16H21F2NO3/c1-21-13-8-7-12(11-14(13)22-16(17)18)15(20)19-9-5-3-2-4-6-10-19/h7-8,11,16H,2-6,9-10H2,1H3. The minimum atomic E-state index is -2.96. The van der Waals surface area contributed by atoms with E-state index in [1.807, 2.05) is 0 Å². The molecule has 4 nitrogen and oxygen atoms in total. The second kappa shape index (κ2) is 7.96. The third-order valence-corrected chi connectivity index (χ3v) is 3.77. The number of methoxy groups -OCH3 is 1. The predicted molar refractivity (Wildman–Crippen MR) is 78.6 cm³/mol. The summed E-state index contributed by atoms with van der Waals surface area (Å²) < 4.78 is 34.3. The maximum Gasteiger partial charge on any atom is 0.387 e. The van der Waals surface area contributed by atoms with Crippen molar-refractivity contribution in [1.82, 2.24) is 4.90 Å². The SMILES string of the molecule is COc1ccc(C(=O)N2CCCCCCC2)cc1OC(F)F. The fourth-order valence-corrected chi connectivity index (χ4v) is 2.63. The van der Waals surface area contributed by atoms with E-state index in [1.165, 1.54) is 25.7 Å². The highest BCUT2D eigenvalue weighted by Gasteiger charge is 2.19. The lowest BCUT2D eigenvalue weighted by molar-refractivity contribution is -0.0512. The first-order valence-electron chi connectivity index (χ1n) is 7.54. The molecule has 1 fully saturated rings. The van der Waals surface area contributed by atoms with Crippen molar-refractivity contribution < 1.29 is 23.0 Å². The van der Waals surface area contributed by atoms with E-state index >= 15 is 0 Å². The smallest absolute Gasteiger partial charge is 0.387 e. The van der Waals surface area contributed by atoms with Crippen molar-refractivity contribution in [2.75, 3.05) is 20.2 Å². The Balaban J connectivity index is 2.17. The van der Waals surface area contributed by atoms with E-state index in [0.717, 1.165) is 25.7 Å². The molecule has 1 aromatic rings. The van der Waals surface area contributed by atoms with Crippen LogP contribution in [0.15, 0.2) is 18.2 Å². The molecule has 0 bridgehead atoms. The van der Waals surface area contributed by atoms with Gasteiger partial charge < -0.3 is 14.4 Å². The first kappa shape index (κ1) is 16.5. The molecule has 1 amide bonds. The Hall–Kier alpha value is -1.85. The molecule has 0 atom stereocenters. The van der Waals surface area contributed by atoms with Crippen molar-refractivity contribution in [2.24, 2.45) is 0 Å². The minimum Gasteiger partial charge on any atom is -0.493 e. The second-order valence-electron chi connectivity index (χ2n) is 5.30. The Morgan fingerprint density at radius 3 is 2.32 bits per heavy atom. The van der Waals surface area contributed by atoms with Crippen LogP contribution in [0.2, 0.25) is 0 Å². The number of likely N-dealkylation sites (tertiary alicyclic amines) is 1. The number of ether oxygens (including phenoxy) is 2. The Morgan fingerprint density at radius 2 is 1.73 bits per heavy atom. The molecule has 6 heteroatoms. The van der Waals surface area contributed by atoms with Crippen LogP contribution in [0.4, 0.5) is 8.78 Å². The number of rotatable bonds is 4. The van der Waals surface area contributed by atoms with Crippen molar-refractivity contribution in [3.8, 4) is 11.5 Å². The number of carbonyl (C=O) groups excluding carboxylic acids is 1. The zero-order chi connectivity index (χ0) is 15.9. The normalized spacial score (nSPS) is 16.1. The molecular formula is C16H21F2NO3. The lowest BCUT2D eigenvalue weighted by Crippen LogP contribution is -2.33. The number of amides is 1. The summed E-state index contributed by atoms with van der Waals surface area (Å²) >= 11 is 0. The lowest BCUT2D eigenvalue weighted by atomic mass is 10.1. The van der Waals surface area contributed by atoms with Crippen molar-refractivity contribution in [2.45, 2.75) is 38.7 Å². The van der Waals surface area contributed by atoms with Gasteiger partial charge in [-0.3, -0.25) is 4.79 Å². The van der Waals surface area contributed by atoms with Crippen LogP contribution < -0.4 is 9.47 Å². The summed E-state index contributed by atoms with van der Waals surface area (Å²) in [5.41, 5.74) is 0.344. The number of nitrogens with zero attached hydrogens (tertiary/aromatic N) is 1. The van der Waals surface area contributed by atoms with Gasteiger partial charge in [-0.15, -0.1) is 0 Å². The maximum absolute atomic E-state index is 12.5. The summed E-state index contributed by atoms with van der Waals surface area (Å²) in [6, 6.07) is 4.39. The van der Waals surface area contributed by atoms with E-state index in [0.29, 0.717) is 18.7 Å². The fraction of sp³-hybridized carbons (Fsp3) is 0.562. The fourth-order valence-electron chi connectivity index (χ4n) is 2.63. The van der Waals surface area contributed by atoms with E-state index in [9.17, 15) is 13.6 Å². The van der Waals surface area contributed by atoms with Crippen LogP contribution in [-0.4, -0.2) is 37.6 Å². The van der Waals surface area contributed by atoms with Crippen molar-refractivity contribution in [3.63, 3.8) is 0 Å². The number of benzene rings is 1. The van der Waals surface area contributed by atoms with E-state index < -0.39 is 6.61 Å². The molecule has 1 heterocycles. The Kier molecular flexibility index (Phi) is 5.98. The summed E-state index contributed by atoms with van der Waals surface area (Å²) in [5.74, 6) is -0.0800. The average Bonchev–Trinajstić information content (AvgIpc) is 2.45. The molecule has 22 heavy (non-hydrogen) atoms. The molecule has 0 spiro atoms. The molecule has 1 aromatic carbocycles. The summed E-state index contributed by atoms with van der Waals surface area (Å²) in [4.78, 5) is 14.3. The first-order chi connectivity index (χ1) is 10.6. The van der Waals surface area contributed by atoms with Gasteiger partial charge in [0.1, 0.15) is 0 Å². The highest BCUT2D eigenvalue weighted by molar-refractivity contribution is 5.95. The zero-order valence-corrected chi connectivity index (χ0v) is 12.7. The van der Waals surface area contributed by atoms with Crippen LogP contribution in [-0.2, 0) is 0 Å². The van der Waals surface area contributed by atoms with Crippen LogP contribution in [0.25, 0.3) is 0 Å². The van der Waals surface area contributed by atoms with E-state index in [1.54, 1.807) is 11.0 Å². The summed E-state index contributed by atoms with van der Waals surface area (Å²) in [7, 11) is 1.37. The Bertz CT molecular complexity index is 500. The van der Waals surface area contributed by atoms with Gasteiger partial charge in [-0.25, -0.2) is 0 Å². The van der Waals surface area contributed by atoms with Gasteiger partial charge in [-0.05, 0) is 31.0 Å². The molecule has 0 aromatic heterocycles. The van der Waals surface area contributed by atoms with Crippen LogP contribution >= 0.6 is 0 Å². The molecule has 122 valence electrons. The number of carbonyl (C=O) groups is 1. The molecular weight excluding hydrogens is 292 g/mol. The Labute approximate surface area is 129 Å². The molecule has 0 unspecified atom stereocenters. The quantitative estimate of drug-likeness (QED) is 0.850. The number of halogens is 2. The summed E-state index contributed by atoms with van der Waals surface area (Å²) in [6.07, 6.45) is 5.39. The van der Waals surface area contributed by atoms with Gasteiger partial charge in [0, 0.05) is 18.7 Å². The largest absolute Gasteiger partial charge is 0.493 e. The van der Waals surface area contributed by atoms with E-state index in [2.05, 4.69) is 4.74 Å². The second-order valence-corrected chi connectivity index (χ2v) is 5.30. The minimum absolute atomic E-state index is 0.115. The molecule has 1 saturated heterocycles. The van der Waals surface area contributed by atoms with Crippen LogP contribution in [0.3, 0.4) is 0 Å². The Morgan fingerprint density at radius 1 is 1.09 bits per heavy atom. The van der Waals surface area contributed by atoms with Gasteiger partial charge in [0.05, 0.1) is 7.11 Å². The monoisotopic (exact) mass is 313 g/mol. The zero-order valence-electron chi connectivity index (χ0n) is 12.7. The number of hydrogen-bond donors (Lipinski definition) is 0. The molecule has 0 radical (unpaired) electrons. The first-order valence-corrected chi connectivity index (χ1v) is 7.54. The van der Waals surface area contributed by atoms with Gasteiger partial charge >= 0.3 is 6.61 Å². The van der Waals surface area contributed by atoms with Crippen molar-refractivity contribution in [1.29, 1.82) is 0 Å². The van der Waals surface area contributed by atoms with Gasteiger partial charge in [-0.1, -0.05) is 19.3 Å². The van der Waals surface area contributed by atoms with Crippen LogP contribution in [0.1, 0.15) is 42.5 Å². The topological polar surface area (TPSA) is 38.8 Å². The van der Waals surface area contributed by atoms with Crippen molar-refractivity contribution in [3.05, 3.63) is 23.8 Å². The molecule has 1 aliphatic heterocycles. The van der Waals surface area contributed by atoms with Crippen LogP contribution in [0, 0.1) is 0 Å². The molecule has 1 aliphatic rings. The van der Waals surface area contributed by atoms with Gasteiger partial charge in [0.2, 0.25) is 0 Å². The maximum atomic E-state index is 12.5. The highest BCUT2D eigenvalue weighted by Crippen LogP contribution is 2.30. The third kappa shape index (κ3) is 4.32. The van der Waals surface area contributed by atoms with Crippen LogP contribution in [0.5, 0.6) is 11.5 Å². The number of hydrogen-bond acceptors (Lipinski definition) is 3. The van der Waals surface area contributed by atoms with E-state index in [-0.39, 0.29) is 17.4 Å². The predicted octanol–water partition coefficient (Wildman–Crippen LogP) is 3.70. The molecule has 0 N–H and O–H groups in total. The van der Waals surface area contributed by atoms with Gasteiger partial charge in [-0.2, -0.15) is 8.78 Å². The van der Waals surface area contributed by atoms with E-state index in [4.69, 9.17) is 4.74 Å². The summed E-state index contributed by atoms with van der Waals surface area (Å²) in [6.45, 7) is -1.55. The lowest BCUT2D eigenvalue weighted by Gasteiger charge is -2.25. The molecule has 2 rings (SSSR count).